The largest absolute Gasteiger partial charge is 0.478 e. The third kappa shape index (κ3) is 5.12. The molecule has 2 aliphatic heterocycles. The number of likely N-dealkylation sites (tertiary alicyclic amines) is 1. The van der Waals surface area contributed by atoms with E-state index in [2.05, 4.69) is 4.90 Å². The van der Waals surface area contributed by atoms with Crippen LogP contribution in [-0.4, -0.2) is 67.2 Å². The summed E-state index contributed by atoms with van der Waals surface area (Å²) in [6, 6.07) is 7.15. The van der Waals surface area contributed by atoms with Crippen molar-refractivity contribution in [1.29, 1.82) is 0 Å². The van der Waals surface area contributed by atoms with Crippen molar-refractivity contribution in [2.24, 2.45) is 5.92 Å². The van der Waals surface area contributed by atoms with Crippen molar-refractivity contribution in [3.63, 3.8) is 0 Å². The lowest BCUT2D eigenvalue weighted by Crippen LogP contribution is -2.53. The molecule has 1 aromatic rings. The summed E-state index contributed by atoms with van der Waals surface area (Å²) in [5.41, 5.74) is -0.894. The molecule has 26 heavy (non-hydrogen) atoms. The molecule has 2 saturated heterocycles. The van der Waals surface area contributed by atoms with Crippen LogP contribution in [-0.2, 0) is 9.53 Å². The number of rotatable bonds is 5. The Kier molecular flexibility index (Phi) is 6.43. The standard InChI is InChI=1S/C20H29ClN2O3/c1-20(2,26-18-7-5-17(21)6-8-18)19(24)23-9-3-4-16(15-23)14-22-10-12-25-13-11-22/h5-8,16H,3-4,9-15H2,1-2H3/t16-/m1/s1. The molecule has 144 valence electrons. The van der Waals surface area contributed by atoms with Gasteiger partial charge in [0.1, 0.15) is 5.75 Å². The molecule has 0 aliphatic carbocycles. The van der Waals surface area contributed by atoms with E-state index in [0.717, 1.165) is 52.4 Å². The molecule has 2 fully saturated rings. The maximum atomic E-state index is 13.1. The maximum Gasteiger partial charge on any atom is 0.266 e. The predicted molar refractivity (Wildman–Crippen MR) is 103 cm³/mol. The van der Waals surface area contributed by atoms with Gasteiger partial charge in [0.2, 0.25) is 0 Å². The number of morpholine rings is 1. The molecule has 0 radical (unpaired) electrons. The molecule has 2 aliphatic rings. The van der Waals surface area contributed by atoms with Crippen LogP contribution in [0.2, 0.25) is 5.02 Å². The third-order valence-electron chi connectivity index (χ3n) is 5.13. The lowest BCUT2D eigenvalue weighted by Gasteiger charge is -2.39. The van der Waals surface area contributed by atoms with Gasteiger partial charge < -0.3 is 14.4 Å². The van der Waals surface area contributed by atoms with E-state index in [1.807, 2.05) is 18.7 Å². The summed E-state index contributed by atoms with van der Waals surface area (Å²) in [5, 5.41) is 0.656. The van der Waals surface area contributed by atoms with Crippen LogP contribution in [0.1, 0.15) is 26.7 Å². The molecule has 0 bridgehead atoms. The quantitative estimate of drug-likeness (QED) is 0.787. The zero-order valence-corrected chi connectivity index (χ0v) is 16.5. The molecule has 0 spiro atoms. The number of hydrogen-bond donors (Lipinski definition) is 0. The summed E-state index contributed by atoms with van der Waals surface area (Å²) in [6.45, 7) is 9.98. The van der Waals surface area contributed by atoms with E-state index in [4.69, 9.17) is 21.1 Å². The first-order valence-corrected chi connectivity index (χ1v) is 9.86. The lowest BCUT2D eigenvalue weighted by atomic mass is 9.95. The molecule has 5 nitrogen and oxygen atoms in total. The number of carbonyl (C=O) groups is 1. The van der Waals surface area contributed by atoms with Crippen LogP contribution in [0.4, 0.5) is 0 Å². The van der Waals surface area contributed by atoms with Crippen LogP contribution in [0.5, 0.6) is 5.75 Å². The first-order chi connectivity index (χ1) is 12.4. The van der Waals surface area contributed by atoms with E-state index in [-0.39, 0.29) is 5.91 Å². The van der Waals surface area contributed by atoms with Gasteiger partial charge in [-0.25, -0.2) is 0 Å². The number of ether oxygens (including phenoxy) is 2. The molecule has 1 atom stereocenters. The van der Waals surface area contributed by atoms with E-state index in [0.29, 0.717) is 16.7 Å². The number of hydrogen-bond acceptors (Lipinski definition) is 4. The number of nitrogens with zero attached hydrogens (tertiary/aromatic N) is 2. The summed E-state index contributed by atoms with van der Waals surface area (Å²) in [6.07, 6.45) is 2.23. The molecule has 6 heteroatoms. The Morgan fingerprint density at radius 2 is 1.92 bits per heavy atom. The number of amides is 1. The highest BCUT2D eigenvalue weighted by atomic mass is 35.5. The monoisotopic (exact) mass is 380 g/mol. The van der Waals surface area contributed by atoms with Gasteiger partial charge in [-0.1, -0.05) is 11.6 Å². The minimum absolute atomic E-state index is 0.0547. The zero-order valence-electron chi connectivity index (χ0n) is 15.7. The molecule has 0 saturated carbocycles. The molecular weight excluding hydrogens is 352 g/mol. The van der Waals surface area contributed by atoms with Crippen LogP contribution in [0, 0.1) is 5.92 Å². The minimum atomic E-state index is -0.894. The van der Waals surface area contributed by atoms with Crippen molar-refractivity contribution in [2.75, 3.05) is 45.9 Å². The fourth-order valence-corrected chi connectivity index (χ4v) is 3.90. The highest BCUT2D eigenvalue weighted by Crippen LogP contribution is 2.25. The van der Waals surface area contributed by atoms with Gasteiger partial charge in [-0.15, -0.1) is 0 Å². The highest BCUT2D eigenvalue weighted by Gasteiger charge is 2.36. The fourth-order valence-electron chi connectivity index (χ4n) is 3.77. The van der Waals surface area contributed by atoms with Gasteiger partial charge in [0.25, 0.3) is 5.91 Å². The Hall–Kier alpha value is -1.30. The number of piperidine rings is 1. The van der Waals surface area contributed by atoms with Gasteiger partial charge in [-0.3, -0.25) is 9.69 Å². The van der Waals surface area contributed by atoms with Crippen molar-refractivity contribution in [3.8, 4) is 5.75 Å². The summed E-state index contributed by atoms with van der Waals surface area (Å²) >= 11 is 5.92. The van der Waals surface area contributed by atoms with Gasteiger partial charge in [0.15, 0.2) is 5.60 Å². The van der Waals surface area contributed by atoms with E-state index in [9.17, 15) is 4.79 Å². The van der Waals surface area contributed by atoms with E-state index >= 15 is 0 Å². The fraction of sp³-hybridized carbons (Fsp3) is 0.650. The van der Waals surface area contributed by atoms with E-state index in [1.165, 1.54) is 6.42 Å². The van der Waals surface area contributed by atoms with Crippen molar-refractivity contribution in [3.05, 3.63) is 29.3 Å². The van der Waals surface area contributed by atoms with Crippen molar-refractivity contribution < 1.29 is 14.3 Å². The van der Waals surface area contributed by atoms with Crippen molar-refractivity contribution >= 4 is 17.5 Å². The highest BCUT2D eigenvalue weighted by molar-refractivity contribution is 6.30. The van der Waals surface area contributed by atoms with Gasteiger partial charge in [0.05, 0.1) is 13.2 Å². The first kappa shape index (κ1) is 19.5. The predicted octanol–water partition coefficient (Wildman–Crippen LogP) is 3.07. The Labute approximate surface area is 161 Å². The van der Waals surface area contributed by atoms with Crippen LogP contribution >= 0.6 is 11.6 Å². The van der Waals surface area contributed by atoms with E-state index in [1.54, 1.807) is 24.3 Å². The minimum Gasteiger partial charge on any atom is -0.478 e. The van der Waals surface area contributed by atoms with Crippen LogP contribution in [0.15, 0.2) is 24.3 Å². The number of carbonyl (C=O) groups excluding carboxylic acids is 1. The normalized spacial score (nSPS) is 22.3. The molecule has 1 amide bonds. The van der Waals surface area contributed by atoms with Crippen molar-refractivity contribution in [2.45, 2.75) is 32.3 Å². The molecule has 0 aromatic heterocycles. The summed E-state index contributed by atoms with van der Waals surface area (Å²) in [7, 11) is 0. The average Bonchev–Trinajstić information content (AvgIpc) is 2.64. The van der Waals surface area contributed by atoms with Gasteiger partial charge >= 0.3 is 0 Å². The Morgan fingerprint density at radius 3 is 2.62 bits per heavy atom. The first-order valence-electron chi connectivity index (χ1n) is 9.48. The Bertz CT molecular complexity index is 600. The SMILES string of the molecule is CC(C)(Oc1ccc(Cl)cc1)C(=O)N1CCC[C@H](CN2CCOCC2)C1. The van der Waals surface area contributed by atoms with Gasteiger partial charge in [-0.2, -0.15) is 0 Å². The zero-order chi connectivity index (χ0) is 18.6. The second kappa shape index (κ2) is 8.59. The lowest BCUT2D eigenvalue weighted by molar-refractivity contribution is -0.147. The third-order valence-corrected chi connectivity index (χ3v) is 5.38. The topological polar surface area (TPSA) is 42.0 Å². The smallest absolute Gasteiger partial charge is 0.266 e. The summed E-state index contributed by atoms with van der Waals surface area (Å²) in [4.78, 5) is 17.5. The molecule has 1 aromatic carbocycles. The number of halogens is 1. The summed E-state index contributed by atoms with van der Waals surface area (Å²) < 4.78 is 11.4. The van der Waals surface area contributed by atoms with Crippen LogP contribution in [0.3, 0.4) is 0 Å². The Balaban J connectivity index is 1.57. The van der Waals surface area contributed by atoms with Crippen LogP contribution < -0.4 is 4.74 Å². The number of benzene rings is 1. The second-order valence-electron chi connectivity index (χ2n) is 7.74. The van der Waals surface area contributed by atoms with Crippen LogP contribution in [0.25, 0.3) is 0 Å². The van der Waals surface area contributed by atoms with Gasteiger partial charge in [0, 0.05) is 37.7 Å². The molecule has 0 N–H and O–H groups in total. The van der Waals surface area contributed by atoms with Crippen molar-refractivity contribution in [1.82, 2.24) is 9.80 Å². The van der Waals surface area contributed by atoms with Gasteiger partial charge in [-0.05, 0) is 56.9 Å². The second-order valence-corrected chi connectivity index (χ2v) is 8.18. The molecule has 2 heterocycles. The molecule has 0 unspecified atom stereocenters. The molecular formula is C20H29ClN2O3. The average molecular weight is 381 g/mol. The Morgan fingerprint density at radius 1 is 1.23 bits per heavy atom. The summed E-state index contributed by atoms with van der Waals surface area (Å²) in [5.74, 6) is 1.24. The van der Waals surface area contributed by atoms with E-state index < -0.39 is 5.60 Å². The maximum absolute atomic E-state index is 13.1. The molecule has 3 rings (SSSR count).